The van der Waals surface area contributed by atoms with E-state index >= 15 is 0 Å². The van der Waals surface area contributed by atoms with Crippen LogP contribution < -0.4 is 5.73 Å². The van der Waals surface area contributed by atoms with Crippen molar-refractivity contribution < 1.29 is 4.74 Å². The third-order valence-electron chi connectivity index (χ3n) is 4.27. The highest BCUT2D eigenvalue weighted by Gasteiger charge is 2.10. The quantitative estimate of drug-likeness (QED) is 0.781. The maximum Gasteiger partial charge on any atom is 0.124 e. The molecule has 4 rings (SSSR count). The van der Waals surface area contributed by atoms with Crippen molar-refractivity contribution >= 4 is 16.9 Å². The van der Waals surface area contributed by atoms with Crippen LogP contribution in [0.1, 0.15) is 0 Å². The third kappa shape index (κ3) is 3.22. The molecule has 7 heteroatoms. The van der Waals surface area contributed by atoms with Crippen LogP contribution in [0, 0.1) is 0 Å². The number of ether oxygens (including phenoxy) is 1. The van der Waals surface area contributed by atoms with Crippen LogP contribution in [0.15, 0.2) is 36.8 Å². The third-order valence-corrected chi connectivity index (χ3v) is 4.27. The van der Waals surface area contributed by atoms with E-state index in [0.29, 0.717) is 5.82 Å². The van der Waals surface area contributed by atoms with E-state index in [1.165, 1.54) is 0 Å². The van der Waals surface area contributed by atoms with E-state index in [1.54, 1.807) is 6.07 Å². The van der Waals surface area contributed by atoms with Crippen LogP contribution in [0.4, 0.5) is 5.82 Å². The van der Waals surface area contributed by atoms with E-state index in [-0.39, 0.29) is 0 Å². The number of morpholine rings is 1. The predicted molar refractivity (Wildman–Crippen MR) is 92.4 cm³/mol. The lowest BCUT2D eigenvalue weighted by atomic mass is 10.1. The van der Waals surface area contributed by atoms with Gasteiger partial charge in [0.05, 0.1) is 37.0 Å². The second-order valence-corrected chi connectivity index (χ2v) is 5.94. The monoisotopic (exact) mass is 324 g/mol. The number of rotatable bonds is 4. The summed E-state index contributed by atoms with van der Waals surface area (Å²) in [5.74, 6) is 0.502. The van der Waals surface area contributed by atoms with Gasteiger partial charge in [-0.05, 0) is 18.2 Å². The molecule has 7 nitrogen and oxygen atoms in total. The Morgan fingerprint density at radius 2 is 1.92 bits per heavy atom. The van der Waals surface area contributed by atoms with Gasteiger partial charge in [0.15, 0.2) is 0 Å². The second-order valence-electron chi connectivity index (χ2n) is 5.94. The first kappa shape index (κ1) is 15.0. The minimum absolute atomic E-state index is 0.502. The molecule has 3 aromatic heterocycles. The normalized spacial score (nSPS) is 15.8. The number of pyridine rings is 2. The molecule has 2 N–H and O–H groups in total. The van der Waals surface area contributed by atoms with E-state index in [9.17, 15) is 0 Å². The van der Waals surface area contributed by atoms with Gasteiger partial charge in [-0.2, -0.15) is 5.10 Å². The fourth-order valence-corrected chi connectivity index (χ4v) is 2.88. The number of fused-ring (bicyclic) bond motifs is 1. The molecule has 0 atom stereocenters. The van der Waals surface area contributed by atoms with Crippen LogP contribution in [0.2, 0.25) is 0 Å². The van der Waals surface area contributed by atoms with Gasteiger partial charge in [0, 0.05) is 43.2 Å². The van der Waals surface area contributed by atoms with Crippen LogP contribution in [0.25, 0.3) is 22.2 Å². The van der Waals surface area contributed by atoms with Crippen molar-refractivity contribution in [3.63, 3.8) is 0 Å². The number of hydrogen-bond donors (Lipinski definition) is 1. The Morgan fingerprint density at radius 1 is 1.04 bits per heavy atom. The minimum Gasteiger partial charge on any atom is -0.384 e. The summed E-state index contributed by atoms with van der Waals surface area (Å²) in [6, 6.07) is 5.65. The average Bonchev–Trinajstić information content (AvgIpc) is 3.09. The Hall–Kier alpha value is -2.51. The molecule has 24 heavy (non-hydrogen) atoms. The van der Waals surface area contributed by atoms with E-state index in [4.69, 9.17) is 10.5 Å². The molecule has 1 aliphatic heterocycles. The predicted octanol–water partition coefficient (Wildman–Crippen LogP) is 1.41. The van der Waals surface area contributed by atoms with Gasteiger partial charge in [-0.3, -0.25) is 14.6 Å². The van der Waals surface area contributed by atoms with Gasteiger partial charge in [-0.1, -0.05) is 0 Å². The average molecular weight is 324 g/mol. The molecule has 1 aliphatic rings. The topological polar surface area (TPSA) is 82.1 Å². The Balaban J connectivity index is 1.49. The molecule has 0 spiro atoms. The number of nitrogens with zero attached hydrogens (tertiary/aromatic N) is 5. The van der Waals surface area contributed by atoms with E-state index in [1.807, 2.05) is 29.2 Å². The molecule has 0 radical (unpaired) electrons. The van der Waals surface area contributed by atoms with Crippen LogP contribution >= 0.6 is 0 Å². The first-order valence-corrected chi connectivity index (χ1v) is 8.13. The highest BCUT2D eigenvalue weighted by atomic mass is 16.5. The summed E-state index contributed by atoms with van der Waals surface area (Å²) < 4.78 is 7.35. The second kappa shape index (κ2) is 6.54. The van der Waals surface area contributed by atoms with Gasteiger partial charge in [0.1, 0.15) is 5.82 Å². The number of hydrogen-bond acceptors (Lipinski definition) is 6. The van der Waals surface area contributed by atoms with Crippen molar-refractivity contribution in [2.24, 2.45) is 0 Å². The highest BCUT2D eigenvalue weighted by Crippen LogP contribution is 2.21. The lowest BCUT2D eigenvalue weighted by Gasteiger charge is -2.26. The molecule has 0 aliphatic carbocycles. The zero-order valence-electron chi connectivity index (χ0n) is 13.4. The van der Waals surface area contributed by atoms with E-state index < -0.39 is 0 Å². The van der Waals surface area contributed by atoms with E-state index in [2.05, 4.69) is 26.2 Å². The zero-order chi connectivity index (χ0) is 16.4. The molecular formula is C17H20N6O. The minimum atomic E-state index is 0.502. The molecule has 0 bridgehead atoms. The molecule has 1 fully saturated rings. The Labute approximate surface area is 140 Å². The van der Waals surface area contributed by atoms with Gasteiger partial charge in [-0.15, -0.1) is 0 Å². The van der Waals surface area contributed by atoms with Crippen molar-refractivity contribution in [1.82, 2.24) is 24.6 Å². The van der Waals surface area contributed by atoms with Gasteiger partial charge >= 0.3 is 0 Å². The first-order chi connectivity index (χ1) is 11.8. The van der Waals surface area contributed by atoms with Crippen LogP contribution in [0.5, 0.6) is 0 Å². The maximum absolute atomic E-state index is 5.76. The lowest BCUT2D eigenvalue weighted by molar-refractivity contribution is 0.0360. The highest BCUT2D eigenvalue weighted by molar-refractivity contribution is 5.80. The van der Waals surface area contributed by atoms with Gasteiger partial charge in [-0.25, -0.2) is 4.98 Å². The molecule has 0 aromatic carbocycles. The summed E-state index contributed by atoms with van der Waals surface area (Å²) in [4.78, 5) is 11.2. The molecule has 3 aromatic rings. The molecule has 4 heterocycles. The molecule has 0 unspecified atom stereocenters. The lowest BCUT2D eigenvalue weighted by Crippen LogP contribution is -2.38. The summed E-state index contributed by atoms with van der Waals surface area (Å²) in [5, 5.41) is 4.46. The largest absolute Gasteiger partial charge is 0.384 e. The smallest absolute Gasteiger partial charge is 0.124 e. The fourth-order valence-electron chi connectivity index (χ4n) is 2.88. The first-order valence-electron chi connectivity index (χ1n) is 8.13. The van der Waals surface area contributed by atoms with Crippen LogP contribution in [0.3, 0.4) is 0 Å². The van der Waals surface area contributed by atoms with Crippen LogP contribution in [-0.4, -0.2) is 57.5 Å². The van der Waals surface area contributed by atoms with Gasteiger partial charge in [0.2, 0.25) is 0 Å². The van der Waals surface area contributed by atoms with Crippen molar-refractivity contribution in [2.45, 2.75) is 6.54 Å². The Bertz CT molecular complexity index is 840. The number of nitrogens with two attached hydrogens (primary N) is 1. The molecule has 0 saturated carbocycles. The molecule has 1 saturated heterocycles. The summed E-state index contributed by atoms with van der Waals surface area (Å²) in [6.45, 7) is 5.49. The van der Waals surface area contributed by atoms with Crippen molar-refractivity contribution in [3.05, 3.63) is 36.8 Å². The molecule has 0 amide bonds. The summed E-state index contributed by atoms with van der Waals surface area (Å²) in [7, 11) is 0. The van der Waals surface area contributed by atoms with Crippen molar-refractivity contribution in [2.75, 3.05) is 38.6 Å². The van der Waals surface area contributed by atoms with Gasteiger partial charge < -0.3 is 10.5 Å². The summed E-state index contributed by atoms with van der Waals surface area (Å²) in [6.07, 6.45) is 5.77. The number of anilines is 1. The summed E-state index contributed by atoms with van der Waals surface area (Å²) >= 11 is 0. The van der Waals surface area contributed by atoms with Crippen molar-refractivity contribution in [1.29, 1.82) is 0 Å². The Morgan fingerprint density at radius 3 is 2.79 bits per heavy atom. The van der Waals surface area contributed by atoms with E-state index in [0.717, 1.165) is 61.6 Å². The molecule has 124 valence electrons. The SMILES string of the molecule is Nc1ccc2ncc(-c3cnn(CCN4CCOCC4)c3)cc2n1. The van der Waals surface area contributed by atoms with Crippen LogP contribution in [-0.2, 0) is 11.3 Å². The maximum atomic E-state index is 5.76. The van der Waals surface area contributed by atoms with Crippen molar-refractivity contribution in [3.8, 4) is 11.1 Å². The number of aromatic nitrogens is 4. The number of nitrogen functional groups attached to an aromatic ring is 1. The zero-order valence-corrected chi connectivity index (χ0v) is 13.4. The van der Waals surface area contributed by atoms with Gasteiger partial charge in [0.25, 0.3) is 0 Å². The molecular weight excluding hydrogens is 304 g/mol. The standard InChI is InChI=1S/C17H20N6O/c18-17-2-1-15-16(21-17)9-13(10-19-15)14-11-20-23(12-14)4-3-22-5-7-24-8-6-22/h1-2,9-12H,3-8H2,(H2,18,21). The fraction of sp³-hybridized carbons (Fsp3) is 0.353. The summed E-state index contributed by atoms with van der Waals surface area (Å²) in [5.41, 5.74) is 9.43. The Kier molecular flexibility index (Phi) is 4.10.